The van der Waals surface area contributed by atoms with Crippen LogP contribution >= 0.6 is 0 Å². The Morgan fingerprint density at radius 3 is 2.32 bits per heavy atom. The Hall–Kier alpha value is -1.12. The van der Waals surface area contributed by atoms with Gasteiger partial charge < -0.3 is 4.90 Å². The Morgan fingerprint density at radius 1 is 1.16 bits per heavy atom. The summed E-state index contributed by atoms with van der Waals surface area (Å²) in [6, 6.07) is 0. The summed E-state index contributed by atoms with van der Waals surface area (Å²) in [4.78, 5) is 26.3. The van der Waals surface area contributed by atoms with Gasteiger partial charge in [-0.3, -0.25) is 9.59 Å². The average molecular weight is 263 g/mol. The molecule has 2 fully saturated rings. The normalized spacial score (nSPS) is 23.7. The van der Waals surface area contributed by atoms with Crippen molar-refractivity contribution in [3.63, 3.8) is 0 Å². The Morgan fingerprint density at radius 2 is 1.79 bits per heavy atom. The van der Waals surface area contributed by atoms with E-state index in [1.54, 1.807) is 6.92 Å². The van der Waals surface area contributed by atoms with Gasteiger partial charge in [-0.15, -0.1) is 0 Å². The highest BCUT2D eigenvalue weighted by molar-refractivity contribution is 5.95. The van der Waals surface area contributed by atoms with Crippen LogP contribution in [0.15, 0.2) is 11.3 Å². The van der Waals surface area contributed by atoms with Gasteiger partial charge in [0, 0.05) is 17.8 Å². The molecular formula is C16H25NO2. The van der Waals surface area contributed by atoms with Gasteiger partial charge in [0.15, 0.2) is 5.78 Å². The van der Waals surface area contributed by atoms with E-state index in [2.05, 4.69) is 0 Å². The van der Waals surface area contributed by atoms with Crippen LogP contribution < -0.4 is 0 Å². The lowest BCUT2D eigenvalue weighted by atomic mass is 9.73. The lowest BCUT2D eigenvalue weighted by Gasteiger charge is -2.32. The predicted molar refractivity (Wildman–Crippen MR) is 75.5 cm³/mol. The van der Waals surface area contributed by atoms with Gasteiger partial charge in [0.1, 0.15) is 0 Å². The van der Waals surface area contributed by atoms with Crippen molar-refractivity contribution in [2.45, 2.75) is 65.7 Å². The van der Waals surface area contributed by atoms with Gasteiger partial charge in [-0.25, -0.2) is 0 Å². The maximum absolute atomic E-state index is 12.8. The summed E-state index contributed by atoms with van der Waals surface area (Å²) >= 11 is 0. The summed E-state index contributed by atoms with van der Waals surface area (Å²) in [6.45, 7) is 6.26. The van der Waals surface area contributed by atoms with E-state index in [1.807, 2.05) is 18.7 Å². The number of hydrogen-bond donors (Lipinski definition) is 0. The molecule has 0 N–H and O–H groups in total. The molecule has 1 saturated carbocycles. The Kier molecular flexibility index (Phi) is 4.12. The van der Waals surface area contributed by atoms with Crippen molar-refractivity contribution in [3.8, 4) is 0 Å². The van der Waals surface area contributed by atoms with E-state index < -0.39 is 0 Å². The zero-order chi connectivity index (χ0) is 14.0. The van der Waals surface area contributed by atoms with Crippen molar-refractivity contribution in [2.75, 3.05) is 6.54 Å². The lowest BCUT2D eigenvalue weighted by molar-refractivity contribution is -0.136. The number of likely N-dealkylation sites (tertiary alicyclic amines) is 1. The second-order valence-electron chi connectivity index (χ2n) is 6.03. The fourth-order valence-corrected chi connectivity index (χ4v) is 3.63. The van der Waals surface area contributed by atoms with Gasteiger partial charge in [0.25, 0.3) is 0 Å². The first-order chi connectivity index (χ1) is 9.02. The summed E-state index contributed by atoms with van der Waals surface area (Å²) < 4.78 is 0. The van der Waals surface area contributed by atoms with Gasteiger partial charge in [0.2, 0.25) is 5.91 Å². The molecule has 0 aromatic carbocycles. The third-order valence-electron chi connectivity index (χ3n) is 4.95. The van der Waals surface area contributed by atoms with Crippen molar-refractivity contribution >= 4 is 11.7 Å². The van der Waals surface area contributed by atoms with Crippen LogP contribution in [-0.4, -0.2) is 23.1 Å². The molecule has 2 aliphatic rings. The highest BCUT2D eigenvalue weighted by Crippen LogP contribution is 2.46. The molecule has 0 aromatic rings. The van der Waals surface area contributed by atoms with Gasteiger partial charge in [-0.1, -0.05) is 26.2 Å². The number of Topliss-reactive ketones (excluding diaryl/α,β-unsaturated/α-hetero) is 1. The van der Waals surface area contributed by atoms with Gasteiger partial charge in [-0.05, 0) is 39.5 Å². The van der Waals surface area contributed by atoms with Crippen LogP contribution in [0.4, 0.5) is 0 Å². The number of rotatable bonds is 3. The number of carbonyl (C=O) groups is 2. The Balaban J connectivity index is 2.26. The quantitative estimate of drug-likeness (QED) is 0.731. The predicted octanol–water partition coefficient (Wildman–Crippen LogP) is 3.44. The molecule has 1 amide bonds. The number of carbonyl (C=O) groups excluding carboxylic acids is 2. The standard InChI is InChI=1S/C16H25NO2/c1-4-14(12(2)13(3)18)17-11-10-16(15(17)19)8-6-5-7-9-16/h4-11H2,1-3H3/b14-12+. The molecular weight excluding hydrogens is 238 g/mol. The first-order valence-electron chi connectivity index (χ1n) is 7.54. The number of ketones is 1. The maximum atomic E-state index is 12.8. The largest absolute Gasteiger partial charge is 0.315 e. The molecule has 0 atom stereocenters. The zero-order valence-corrected chi connectivity index (χ0v) is 12.4. The second kappa shape index (κ2) is 5.48. The third-order valence-corrected chi connectivity index (χ3v) is 4.95. The number of amides is 1. The molecule has 1 spiro atoms. The molecule has 0 aromatic heterocycles. The molecule has 1 aliphatic heterocycles. The molecule has 3 heteroatoms. The number of nitrogens with zero attached hydrogens (tertiary/aromatic N) is 1. The highest BCUT2D eigenvalue weighted by atomic mass is 16.2. The monoisotopic (exact) mass is 263 g/mol. The van der Waals surface area contributed by atoms with Crippen LogP contribution in [0.2, 0.25) is 0 Å². The highest BCUT2D eigenvalue weighted by Gasteiger charge is 2.47. The van der Waals surface area contributed by atoms with Crippen molar-refractivity contribution in [1.82, 2.24) is 4.90 Å². The van der Waals surface area contributed by atoms with Crippen LogP contribution in [0.5, 0.6) is 0 Å². The molecule has 1 saturated heterocycles. The summed E-state index contributed by atoms with van der Waals surface area (Å²) in [6.07, 6.45) is 7.43. The van der Waals surface area contributed by atoms with E-state index in [0.717, 1.165) is 43.5 Å². The van der Waals surface area contributed by atoms with E-state index in [4.69, 9.17) is 0 Å². The van der Waals surface area contributed by atoms with Gasteiger partial charge >= 0.3 is 0 Å². The molecule has 0 unspecified atom stereocenters. The third kappa shape index (κ3) is 2.47. The Bertz CT molecular complexity index is 416. The maximum Gasteiger partial charge on any atom is 0.233 e. The van der Waals surface area contributed by atoms with E-state index in [-0.39, 0.29) is 17.1 Å². The fraction of sp³-hybridized carbons (Fsp3) is 0.750. The molecule has 1 heterocycles. The minimum atomic E-state index is -0.101. The van der Waals surface area contributed by atoms with E-state index in [9.17, 15) is 9.59 Å². The van der Waals surface area contributed by atoms with Gasteiger partial charge in [0.05, 0.1) is 5.41 Å². The minimum Gasteiger partial charge on any atom is -0.315 e. The van der Waals surface area contributed by atoms with Gasteiger partial charge in [-0.2, -0.15) is 0 Å². The molecule has 2 rings (SSSR count). The number of allylic oxidation sites excluding steroid dienone is 2. The van der Waals surface area contributed by atoms with Crippen LogP contribution in [-0.2, 0) is 9.59 Å². The lowest BCUT2D eigenvalue weighted by Crippen LogP contribution is -2.36. The van der Waals surface area contributed by atoms with E-state index in [0.29, 0.717) is 0 Å². The second-order valence-corrected chi connectivity index (χ2v) is 6.03. The van der Waals surface area contributed by atoms with Crippen LogP contribution in [0.3, 0.4) is 0 Å². The van der Waals surface area contributed by atoms with E-state index >= 15 is 0 Å². The topological polar surface area (TPSA) is 37.4 Å². The summed E-state index contributed by atoms with van der Waals surface area (Å²) in [5.41, 5.74) is 1.60. The molecule has 0 radical (unpaired) electrons. The molecule has 19 heavy (non-hydrogen) atoms. The van der Waals surface area contributed by atoms with Crippen LogP contribution in [0.25, 0.3) is 0 Å². The SMILES string of the molecule is CC/C(=C(/C)C(C)=O)N1CCC2(CCCCC2)C1=O. The summed E-state index contributed by atoms with van der Waals surface area (Å²) in [5, 5.41) is 0. The van der Waals surface area contributed by atoms with Crippen LogP contribution in [0, 0.1) is 5.41 Å². The van der Waals surface area contributed by atoms with Crippen molar-refractivity contribution < 1.29 is 9.59 Å². The van der Waals surface area contributed by atoms with Crippen molar-refractivity contribution in [2.24, 2.45) is 5.41 Å². The zero-order valence-electron chi connectivity index (χ0n) is 12.4. The molecule has 0 bridgehead atoms. The number of hydrogen-bond acceptors (Lipinski definition) is 2. The summed E-state index contributed by atoms with van der Waals surface area (Å²) in [7, 11) is 0. The first-order valence-corrected chi connectivity index (χ1v) is 7.54. The first kappa shape index (κ1) is 14.3. The minimum absolute atomic E-state index is 0.0780. The van der Waals surface area contributed by atoms with E-state index in [1.165, 1.54) is 19.3 Å². The Labute approximate surface area is 116 Å². The van der Waals surface area contributed by atoms with Crippen molar-refractivity contribution in [3.05, 3.63) is 11.3 Å². The molecule has 3 nitrogen and oxygen atoms in total. The average Bonchev–Trinajstić information content (AvgIpc) is 2.70. The summed E-state index contributed by atoms with van der Waals surface area (Å²) in [5.74, 6) is 0.360. The van der Waals surface area contributed by atoms with Crippen molar-refractivity contribution in [1.29, 1.82) is 0 Å². The smallest absolute Gasteiger partial charge is 0.233 e. The molecule has 1 aliphatic carbocycles. The van der Waals surface area contributed by atoms with Crippen LogP contribution in [0.1, 0.15) is 65.7 Å². The molecule has 106 valence electrons. The fourth-order valence-electron chi connectivity index (χ4n) is 3.63.